The van der Waals surface area contributed by atoms with Crippen molar-refractivity contribution in [2.75, 3.05) is 6.54 Å². The third-order valence-electron chi connectivity index (χ3n) is 9.67. The second-order valence-corrected chi connectivity index (χ2v) is 11.4. The summed E-state index contributed by atoms with van der Waals surface area (Å²) in [5.41, 5.74) is -0.297. The molecule has 8 heteroatoms. The minimum absolute atomic E-state index is 0.111. The number of fused-ring (bicyclic) bond motifs is 8. The molecule has 6 rings (SSSR count). The summed E-state index contributed by atoms with van der Waals surface area (Å²) < 4.78 is 5.93. The Balaban J connectivity index is 1.29. The lowest BCUT2D eigenvalue weighted by molar-refractivity contribution is -0.118. The SMILES string of the molecule is C[C@@H]1[C@H]2O[C@H]2[C@H]2C[C@H]3C[C@H]4C/C=C\C(=O)NCCC(O)C5NC(=O)C(=C(O)/C=C/[C@@H]4C[C@H]3[C@@H]12)C5=O. The summed E-state index contributed by atoms with van der Waals surface area (Å²) in [6.07, 6.45) is 10.8. The lowest BCUT2D eigenvalue weighted by Gasteiger charge is -2.40. The smallest absolute Gasteiger partial charge is 0.259 e. The quantitative estimate of drug-likeness (QED) is 0.306. The van der Waals surface area contributed by atoms with Crippen molar-refractivity contribution < 1.29 is 29.3 Å². The van der Waals surface area contributed by atoms with Crippen LogP contribution >= 0.6 is 0 Å². The fourth-order valence-electron chi connectivity index (χ4n) is 8.04. The van der Waals surface area contributed by atoms with Crippen LogP contribution in [0.3, 0.4) is 0 Å². The average molecular weight is 483 g/mol. The number of rotatable bonds is 0. The summed E-state index contributed by atoms with van der Waals surface area (Å²) in [5.74, 6) is 1.80. The van der Waals surface area contributed by atoms with Crippen LogP contribution in [-0.2, 0) is 19.1 Å². The number of amides is 2. The summed E-state index contributed by atoms with van der Waals surface area (Å²) in [7, 11) is 0. The van der Waals surface area contributed by atoms with E-state index in [4.69, 9.17) is 4.74 Å². The van der Waals surface area contributed by atoms with Gasteiger partial charge in [-0.05, 0) is 85.7 Å². The number of hydrogen-bond acceptors (Lipinski definition) is 6. The number of carbonyl (C=O) groups excluding carboxylic acids is 3. The van der Waals surface area contributed by atoms with Gasteiger partial charge < -0.3 is 25.6 Å². The Morgan fingerprint density at radius 1 is 1.03 bits per heavy atom. The summed E-state index contributed by atoms with van der Waals surface area (Å²) in [5, 5.41) is 26.3. The maximum Gasteiger partial charge on any atom is 0.259 e. The van der Waals surface area contributed by atoms with Gasteiger partial charge in [0.25, 0.3) is 5.91 Å². The molecule has 3 saturated carbocycles. The van der Waals surface area contributed by atoms with E-state index < -0.39 is 23.8 Å². The van der Waals surface area contributed by atoms with Gasteiger partial charge in [-0.2, -0.15) is 0 Å². The topological polar surface area (TPSA) is 128 Å². The highest BCUT2D eigenvalue weighted by Gasteiger charge is 2.66. The van der Waals surface area contributed by atoms with Gasteiger partial charge in [-0.1, -0.05) is 19.1 Å². The van der Waals surface area contributed by atoms with E-state index in [1.807, 2.05) is 12.2 Å². The van der Waals surface area contributed by atoms with Crippen molar-refractivity contribution in [3.8, 4) is 0 Å². The third-order valence-corrected chi connectivity index (χ3v) is 9.67. The first kappa shape index (κ1) is 23.0. The second kappa shape index (κ2) is 8.59. The molecule has 2 bridgehead atoms. The first-order valence-electron chi connectivity index (χ1n) is 13.1. The molecule has 0 aromatic carbocycles. The largest absolute Gasteiger partial charge is 0.507 e. The molecule has 0 aromatic rings. The molecule has 188 valence electrons. The van der Waals surface area contributed by atoms with Gasteiger partial charge in [0, 0.05) is 6.54 Å². The maximum atomic E-state index is 12.8. The number of Topliss-reactive ketones (excluding diaryl/α,β-unsaturated/α-hetero) is 1. The van der Waals surface area contributed by atoms with E-state index in [0.29, 0.717) is 47.7 Å². The van der Waals surface area contributed by atoms with Gasteiger partial charge >= 0.3 is 0 Å². The molecule has 2 amide bonds. The monoisotopic (exact) mass is 482 g/mol. The number of aliphatic hydroxyl groups excluding tert-OH is 2. The number of carbonyl (C=O) groups is 3. The molecule has 2 unspecified atom stereocenters. The minimum Gasteiger partial charge on any atom is -0.507 e. The predicted octanol–water partition coefficient (Wildman–Crippen LogP) is 1.56. The Labute approximate surface area is 204 Å². The first-order chi connectivity index (χ1) is 16.8. The van der Waals surface area contributed by atoms with Crippen LogP contribution in [0, 0.1) is 41.4 Å². The molecule has 3 aliphatic heterocycles. The predicted molar refractivity (Wildman–Crippen MR) is 126 cm³/mol. The lowest BCUT2D eigenvalue weighted by Crippen LogP contribution is -2.42. The Bertz CT molecular complexity index is 1030. The van der Waals surface area contributed by atoms with Crippen LogP contribution in [0.25, 0.3) is 0 Å². The molecule has 8 nitrogen and oxygen atoms in total. The van der Waals surface area contributed by atoms with E-state index >= 15 is 0 Å². The number of allylic oxidation sites excluding steroid dienone is 3. The summed E-state index contributed by atoms with van der Waals surface area (Å²) >= 11 is 0. The van der Waals surface area contributed by atoms with Crippen LogP contribution in [0.4, 0.5) is 0 Å². The van der Waals surface area contributed by atoms with Crippen LogP contribution in [0.1, 0.15) is 39.0 Å². The van der Waals surface area contributed by atoms with Crippen molar-refractivity contribution in [2.24, 2.45) is 41.4 Å². The molecule has 11 atom stereocenters. The molecule has 6 aliphatic rings. The van der Waals surface area contributed by atoms with E-state index in [0.717, 1.165) is 19.3 Å². The summed E-state index contributed by atoms with van der Waals surface area (Å²) in [6.45, 7) is 2.50. The highest BCUT2D eigenvalue weighted by molar-refractivity contribution is 6.27. The van der Waals surface area contributed by atoms with Crippen LogP contribution in [0.15, 0.2) is 35.6 Å². The van der Waals surface area contributed by atoms with Crippen LogP contribution in [-0.4, -0.2) is 58.7 Å². The molecule has 2 saturated heterocycles. The van der Waals surface area contributed by atoms with Crippen molar-refractivity contribution in [3.05, 3.63) is 35.6 Å². The van der Waals surface area contributed by atoms with Crippen LogP contribution in [0.2, 0.25) is 0 Å². The lowest BCUT2D eigenvalue weighted by atomic mass is 9.65. The van der Waals surface area contributed by atoms with E-state index in [-0.39, 0.29) is 36.1 Å². The molecule has 0 radical (unpaired) electrons. The standard InChI is InChI=1S/C27H34N2O6/c1-12-21-16-10-14-5-6-18(30)22-24(33)23(29-27(22)34)19(31)7-8-28-20(32)4-2-3-13(14)9-15(16)11-17(21)26-25(12)35-26/h2,4-6,12-17,19,21,23,25-26,30-31H,3,7-11H2,1H3,(H,28,32)(H,29,34)/b4-2-,6-5+,22-18?/t12-,13+,14+,15+,16+,17-,19?,21+,23?,25+,26-/m0/s1. The Kier molecular flexibility index (Phi) is 5.64. The van der Waals surface area contributed by atoms with Gasteiger partial charge in [-0.25, -0.2) is 0 Å². The van der Waals surface area contributed by atoms with Gasteiger partial charge in [0.2, 0.25) is 5.91 Å². The molecule has 0 spiro atoms. The van der Waals surface area contributed by atoms with Gasteiger partial charge in [0.1, 0.15) is 17.4 Å². The number of nitrogens with one attached hydrogen (secondary N) is 2. The molecule has 0 aromatic heterocycles. The molecule has 3 aliphatic carbocycles. The van der Waals surface area contributed by atoms with Gasteiger partial charge in [0.05, 0.1) is 18.3 Å². The van der Waals surface area contributed by atoms with Crippen LogP contribution < -0.4 is 10.6 Å². The molecule has 4 N–H and O–H groups in total. The van der Waals surface area contributed by atoms with Crippen molar-refractivity contribution in [1.29, 1.82) is 0 Å². The molecule has 3 heterocycles. The summed E-state index contributed by atoms with van der Waals surface area (Å²) in [6, 6.07) is -1.12. The molecular formula is C27H34N2O6. The van der Waals surface area contributed by atoms with Crippen LogP contribution in [0.5, 0.6) is 0 Å². The highest BCUT2D eigenvalue weighted by Crippen LogP contribution is 2.65. The van der Waals surface area contributed by atoms with E-state index in [2.05, 4.69) is 17.6 Å². The third kappa shape index (κ3) is 3.85. The second-order valence-electron chi connectivity index (χ2n) is 11.4. The Morgan fingerprint density at radius 2 is 1.86 bits per heavy atom. The number of epoxide rings is 1. The maximum absolute atomic E-state index is 12.8. The number of hydrogen-bond donors (Lipinski definition) is 4. The Hall–Kier alpha value is -2.45. The van der Waals surface area contributed by atoms with Crippen molar-refractivity contribution in [2.45, 2.75) is 63.4 Å². The molecule has 35 heavy (non-hydrogen) atoms. The fraction of sp³-hybridized carbons (Fsp3) is 0.667. The molecular weight excluding hydrogens is 448 g/mol. The van der Waals surface area contributed by atoms with Crippen molar-refractivity contribution in [3.63, 3.8) is 0 Å². The van der Waals surface area contributed by atoms with Gasteiger partial charge in [-0.15, -0.1) is 0 Å². The first-order valence-corrected chi connectivity index (χ1v) is 13.1. The van der Waals surface area contributed by atoms with Gasteiger partial charge in [0.15, 0.2) is 5.78 Å². The minimum atomic E-state index is -1.16. The zero-order valence-corrected chi connectivity index (χ0v) is 19.9. The van der Waals surface area contributed by atoms with E-state index in [1.165, 1.54) is 12.5 Å². The van der Waals surface area contributed by atoms with E-state index in [1.54, 1.807) is 6.08 Å². The van der Waals surface area contributed by atoms with Crippen molar-refractivity contribution in [1.82, 2.24) is 10.6 Å². The average Bonchev–Trinajstić information content (AvgIpc) is 3.35. The van der Waals surface area contributed by atoms with E-state index in [9.17, 15) is 24.6 Å². The fourth-order valence-corrected chi connectivity index (χ4v) is 8.04. The zero-order chi connectivity index (χ0) is 24.4. The Morgan fingerprint density at radius 3 is 2.69 bits per heavy atom. The van der Waals surface area contributed by atoms with Gasteiger partial charge in [-0.3, -0.25) is 14.4 Å². The summed E-state index contributed by atoms with van der Waals surface area (Å²) in [4.78, 5) is 37.6. The zero-order valence-electron chi connectivity index (χ0n) is 19.9. The number of ether oxygens (including phenoxy) is 1. The van der Waals surface area contributed by atoms with Crippen molar-refractivity contribution >= 4 is 17.6 Å². The number of aliphatic hydroxyl groups is 2. The number of ketones is 1. The molecule has 5 fully saturated rings. The highest BCUT2D eigenvalue weighted by atomic mass is 16.6. The normalized spacial score (nSPS) is 48.9.